The second-order valence-electron chi connectivity index (χ2n) is 5.97. The molecule has 1 aliphatic heterocycles. The number of benzene rings is 1. The van der Waals surface area contributed by atoms with Crippen molar-refractivity contribution in [2.75, 3.05) is 30.3 Å². The van der Waals surface area contributed by atoms with Crippen molar-refractivity contribution < 1.29 is 18.0 Å². The van der Waals surface area contributed by atoms with Gasteiger partial charge in [0.05, 0.1) is 16.3 Å². The lowest BCUT2D eigenvalue weighted by Gasteiger charge is -2.20. The Morgan fingerprint density at radius 2 is 1.88 bits per heavy atom. The number of sulfone groups is 1. The molecule has 0 aromatic heterocycles. The molecule has 0 saturated heterocycles. The third-order valence-corrected chi connectivity index (χ3v) is 6.59. The number of hydrogen-bond donors (Lipinski definition) is 0. The van der Waals surface area contributed by atoms with Crippen molar-refractivity contribution in [3.8, 4) is 0 Å². The van der Waals surface area contributed by atoms with Crippen LogP contribution in [-0.4, -0.2) is 50.5 Å². The highest BCUT2D eigenvalue weighted by atomic mass is 79.9. The number of rotatable bonds is 6. The Bertz CT molecular complexity index is 788. The second kappa shape index (κ2) is 7.86. The fourth-order valence-electron chi connectivity index (χ4n) is 3.09. The Morgan fingerprint density at radius 3 is 2.44 bits per heavy atom. The maximum Gasteiger partial charge on any atom is 0.223 e. The van der Waals surface area contributed by atoms with E-state index in [0.29, 0.717) is 36.2 Å². The van der Waals surface area contributed by atoms with Gasteiger partial charge in [0.2, 0.25) is 11.8 Å². The monoisotopic (exact) mass is 430 g/mol. The van der Waals surface area contributed by atoms with Crippen LogP contribution < -0.4 is 4.90 Å². The lowest BCUT2D eigenvalue weighted by molar-refractivity contribution is -0.130. The van der Waals surface area contributed by atoms with Crippen molar-refractivity contribution in [2.24, 2.45) is 0 Å². The Balaban J connectivity index is 2.34. The molecule has 0 bridgehead atoms. The van der Waals surface area contributed by atoms with Crippen molar-refractivity contribution in [1.29, 1.82) is 0 Å². The highest BCUT2D eigenvalue weighted by molar-refractivity contribution is 9.10. The van der Waals surface area contributed by atoms with Crippen LogP contribution in [0, 0.1) is 0 Å². The fourth-order valence-corrected chi connectivity index (χ4v) is 5.25. The van der Waals surface area contributed by atoms with E-state index in [4.69, 9.17) is 0 Å². The second-order valence-corrected chi connectivity index (χ2v) is 8.96. The third kappa shape index (κ3) is 4.23. The maximum absolute atomic E-state index is 12.9. The average molecular weight is 431 g/mol. The minimum absolute atomic E-state index is 0.0641. The summed E-state index contributed by atoms with van der Waals surface area (Å²) in [6, 6.07) is 3.37. The van der Waals surface area contributed by atoms with Gasteiger partial charge in [-0.05, 0) is 38.0 Å². The molecule has 0 unspecified atom stereocenters. The minimum atomic E-state index is -3.69. The first-order valence-corrected chi connectivity index (χ1v) is 10.8. The molecular formula is C17H23BrN2O4S. The van der Waals surface area contributed by atoms with E-state index >= 15 is 0 Å². The van der Waals surface area contributed by atoms with Crippen molar-refractivity contribution in [3.63, 3.8) is 0 Å². The van der Waals surface area contributed by atoms with Crippen molar-refractivity contribution >= 4 is 43.3 Å². The summed E-state index contributed by atoms with van der Waals surface area (Å²) in [7, 11) is -3.69. The quantitative estimate of drug-likeness (QED) is 0.693. The smallest absolute Gasteiger partial charge is 0.223 e. The molecule has 0 N–H and O–H groups in total. The Hall–Kier alpha value is -1.41. The molecule has 0 fully saturated rings. The molecule has 2 rings (SSSR count). The summed E-state index contributed by atoms with van der Waals surface area (Å²) >= 11 is 3.35. The number of halogens is 1. The highest BCUT2D eigenvalue weighted by Crippen LogP contribution is 2.38. The molecule has 0 aliphatic carbocycles. The van der Waals surface area contributed by atoms with Crippen molar-refractivity contribution in [1.82, 2.24) is 4.90 Å². The summed E-state index contributed by atoms with van der Waals surface area (Å²) in [4.78, 5) is 27.2. The van der Waals surface area contributed by atoms with E-state index in [0.717, 1.165) is 5.56 Å². The summed E-state index contributed by atoms with van der Waals surface area (Å²) in [6.45, 7) is 6.74. The van der Waals surface area contributed by atoms with E-state index in [9.17, 15) is 18.0 Å². The van der Waals surface area contributed by atoms with Crippen LogP contribution in [0.2, 0.25) is 0 Å². The van der Waals surface area contributed by atoms with Crippen LogP contribution >= 0.6 is 15.9 Å². The van der Waals surface area contributed by atoms with Crippen LogP contribution in [0.15, 0.2) is 21.5 Å². The lowest BCUT2D eigenvalue weighted by Crippen LogP contribution is -2.32. The zero-order valence-electron chi connectivity index (χ0n) is 14.7. The summed E-state index contributed by atoms with van der Waals surface area (Å²) in [5.41, 5.74) is 1.30. The highest BCUT2D eigenvalue weighted by Gasteiger charge is 2.31. The zero-order chi connectivity index (χ0) is 18.8. The molecular weight excluding hydrogens is 408 g/mol. The van der Waals surface area contributed by atoms with Crippen LogP contribution in [0.4, 0.5) is 5.69 Å². The predicted octanol–water partition coefficient (Wildman–Crippen LogP) is 2.39. The van der Waals surface area contributed by atoms with E-state index in [1.165, 1.54) is 17.9 Å². The molecule has 1 heterocycles. The summed E-state index contributed by atoms with van der Waals surface area (Å²) in [5, 5.41) is 0. The molecule has 1 aromatic rings. The van der Waals surface area contributed by atoms with Crippen molar-refractivity contribution in [3.05, 3.63) is 22.2 Å². The lowest BCUT2D eigenvalue weighted by atomic mass is 10.2. The molecule has 6 nitrogen and oxygen atoms in total. The van der Waals surface area contributed by atoms with E-state index < -0.39 is 9.84 Å². The van der Waals surface area contributed by atoms with Crippen LogP contribution in [0.1, 0.15) is 32.8 Å². The molecule has 1 aliphatic rings. The van der Waals surface area contributed by atoms with Gasteiger partial charge in [0.25, 0.3) is 0 Å². The summed E-state index contributed by atoms with van der Waals surface area (Å²) in [5.74, 6) is -0.628. The summed E-state index contributed by atoms with van der Waals surface area (Å²) < 4.78 is 26.4. The van der Waals surface area contributed by atoms with E-state index in [2.05, 4.69) is 15.9 Å². The molecule has 8 heteroatoms. The number of hydrogen-bond acceptors (Lipinski definition) is 4. The molecule has 2 amide bonds. The number of anilines is 1. The van der Waals surface area contributed by atoms with Gasteiger partial charge in [-0.15, -0.1) is 0 Å². The van der Waals surface area contributed by atoms with Gasteiger partial charge in [-0.2, -0.15) is 0 Å². The standard InChI is InChI=1S/C17H23BrN2O4S/c1-4-19(5-2)16(22)7-9-25(23,24)15-11-14(18)10-13-6-8-20(12(3)21)17(13)15/h10-11H,4-9H2,1-3H3. The minimum Gasteiger partial charge on any atom is -0.343 e. The normalized spacial score (nSPS) is 13.7. The van der Waals surface area contributed by atoms with Crippen LogP contribution in [0.5, 0.6) is 0 Å². The molecule has 25 heavy (non-hydrogen) atoms. The van der Waals surface area contributed by atoms with E-state index in [1.807, 2.05) is 19.9 Å². The fraction of sp³-hybridized carbons (Fsp3) is 0.529. The van der Waals surface area contributed by atoms with E-state index in [-0.39, 0.29) is 28.9 Å². The van der Waals surface area contributed by atoms with E-state index in [1.54, 1.807) is 4.90 Å². The molecule has 0 atom stereocenters. The first-order chi connectivity index (χ1) is 11.7. The van der Waals surface area contributed by atoms with Gasteiger partial charge in [-0.25, -0.2) is 8.42 Å². The van der Waals surface area contributed by atoms with Gasteiger partial charge in [0, 0.05) is 37.5 Å². The van der Waals surface area contributed by atoms with Gasteiger partial charge >= 0.3 is 0 Å². The Labute approximate surface area is 157 Å². The van der Waals surface area contributed by atoms with Gasteiger partial charge in [-0.1, -0.05) is 15.9 Å². The SMILES string of the molecule is CCN(CC)C(=O)CCS(=O)(=O)c1cc(Br)cc2c1N(C(C)=O)CC2. The Kier molecular flexibility index (Phi) is 6.26. The molecule has 0 spiro atoms. The topological polar surface area (TPSA) is 74.8 Å². The van der Waals surface area contributed by atoms with Crippen LogP contribution in [0.3, 0.4) is 0 Å². The molecule has 1 aromatic carbocycles. The number of carbonyl (C=O) groups is 2. The van der Waals surface area contributed by atoms with Crippen LogP contribution in [0.25, 0.3) is 0 Å². The van der Waals surface area contributed by atoms with Gasteiger partial charge in [0.1, 0.15) is 0 Å². The van der Waals surface area contributed by atoms with Gasteiger partial charge in [0.15, 0.2) is 9.84 Å². The zero-order valence-corrected chi connectivity index (χ0v) is 17.1. The molecule has 0 radical (unpaired) electrons. The predicted molar refractivity (Wildman–Crippen MR) is 100 cm³/mol. The average Bonchev–Trinajstić information content (AvgIpc) is 2.97. The first kappa shape index (κ1) is 19.9. The third-order valence-electron chi connectivity index (χ3n) is 4.41. The first-order valence-electron chi connectivity index (χ1n) is 8.32. The Morgan fingerprint density at radius 1 is 1.24 bits per heavy atom. The number of fused-ring (bicyclic) bond motifs is 1. The number of amides is 2. The van der Waals surface area contributed by atoms with Gasteiger partial charge < -0.3 is 9.80 Å². The summed E-state index contributed by atoms with van der Waals surface area (Å²) in [6.07, 6.45) is 0.556. The number of carbonyl (C=O) groups excluding carboxylic acids is 2. The number of nitrogens with zero attached hydrogens (tertiary/aromatic N) is 2. The van der Waals surface area contributed by atoms with Crippen molar-refractivity contribution in [2.45, 2.75) is 38.5 Å². The largest absolute Gasteiger partial charge is 0.343 e. The van der Waals surface area contributed by atoms with Crippen LogP contribution in [-0.2, 0) is 25.8 Å². The van der Waals surface area contributed by atoms with Gasteiger partial charge in [-0.3, -0.25) is 9.59 Å². The molecule has 0 saturated carbocycles. The molecule has 138 valence electrons. The maximum atomic E-state index is 12.9.